The monoisotopic (exact) mass is 792 g/mol. The van der Waals surface area contributed by atoms with Crippen LogP contribution in [0.15, 0.2) is 110 Å². The van der Waals surface area contributed by atoms with E-state index in [1.54, 1.807) is 29.2 Å². The molecular weight excluding hydrogens is 737 g/mol. The van der Waals surface area contributed by atoms with Gasteiger partial charge in [-0.3, -0.25) is 19.2 Å². The van der Waals surface area contributed by atoms with E-state index < -0.39 is 72.2 Å². The lowest BCUT2D eigenvalue weighted by Crippen LogP contribution is -2.57. The van der Waals surface area contributed by atoms with Crippen molar-refractivity contribution < 1.29 is 38.5 Å². The van der Waals surface area contributed by atoms with Crippen molar-refractivity contribution in [3.63, 3.8) is 0 Å². The summed E-state index contributed by atoms with van der Waals surface area (Å²) in [5.41, 5.74) is 1.50. The number of anilines is 2. The molecule has 3 aliphatic heterocycles. The molecule has 12 nitrogen and oxygen atoms in total. The van der Waals surface area contributed by atoms with Gasteiger partial charge < -0.3 is 39.3 Å². The van der Waals surface area contributed by atoms with E-state index in [-0.39, 0.29) is 25.5 Å². The van der Waals surface area contributed by atoms with Crippen molar-refractivity contribution in [2.24, 2.45) is 11.8 Å². The molecule has 3 aliphatic rings. The van der Waals surface area contributed by atoms with Crippen molar-refractivity contribution >= 4 is 35.1 Å². The number of fused-ring (bicyclic) bond motifs is 1. The van der Waals surface area contributed by atoms with Gasteiger partial charge in [0.25, 0.3) is 5.91 Å². The third-order valence-electron chi connectivity index (χ3n) is 11.8. The SMILES string of the molecule is C=CCCC(=O)N[C@@H](COC)[C@@H](OC(=O)[C@@H]1[C@@H]2CC[C@]3(O2)[C@H](C(=O)N(CC=C)c2ccc(N(CC)CC)cc2)N([C@H](CO)c2ccccc2)C(=O)[C@@H]13)c1ccccc1. The number of hydrogen-bond donors (Lipinski definition) is 2. The predicted molar refractivity (Wildman–Crippen MR) is 222 cm³/mol. The second-order valence-electron chi connectivity index (χ2n) is 15.1. The highest BCUT2D eigenvalue weighted by Crippen LogP contribution is 2.60. The first kappa shape index (κ1) is 42.3. The number of carbonyl (C=O) groups excluding carboxylic acids is 4. The van der Waals surface area contributed by atoms with Crippen molar-refractivity contribution in [2.75, 3.05) is 49.8 Å². The average molecular weight is 793 g/mol. The number of aliphatic hydroxyl groups is 1. The second-order valence-corrected chi connectivity index (χ2v) is 15.1. The fourth-order valence-corrected chi connectivity index (χ4v) is 9.16. The van der Waals surface area contributed by atoms with Crippen molar-refractivity contribution in [3.05, 3.63) is 121 Å². The Balaban J connectivity index is 1.40. The molecular formula is C46H56N4O8. The summed E-state index contributed by atoms with van der Waals surface area (Å²) >= 11 is 0. The lowest BCUT2D eigenvalue weighted by molar-refractivity contribution is -0.163. The number of carbonyl (C=O) groups is 4. The zero-order chi connectivity index (χ0) is 41.4. The van der Waals surface area contributed by atoms with Gasteiger partial charge in [0.05, 0.1) is 43.2 Å². The minimum absolute atomic E-state index is 0.0399. The molecule has 3 fully saturated rings. The first-order valence-electron chi connectivity index (χ1n) is 20.3. The van der Waals surface area contributed by atoms with Crippen LogP contribution in [-0.4, -0.2) is 97.4 Å². The zero-order valence-electron chi connectivity index (χ0n) is 33.7. The van der Waals surface area contributed by atoms with Crippen molar-refractivity contribution in [3.8, 4) is 0 Å². The molecule has 6 rings (SSSR count). The first-order valence-corrected chi connectivity index (χ1v) is 20.3. The maximum absolute atomic E-state index is 15.3. The van der Waals surface area contributed by atoms with E-state index in [4.69, 9.17) is 14.2 Å². The topological polar surface area (TPSA) is 138 Å². The van der Waals surface area contributed by atoms with Crippen molar-refractivity contribution in [2.45, 2.75) is 75.5 Å². The largest absolute Gasteiger partial charge is 0.455 e. The minimum Gasteiger partial charge on any atom is -0.455 e. The third-order valence-corrected chi connectivity index (χ3v) is 11.8. The van der Waals surface area contributed by atoms with Gasteiger partial charge in [0, 0.05) is 44.5 Å². The third kappa shape index (κ3) is 8.18. The van der Waals surface area contributed by atoms with E-state index in [9.17, 15) is 14.7 Å². The highest BCUT2D eigenvalue weighted by Gasteiger charge is 2.76. The molecule has 0 saturated carbocycles. The van der Waals surface area contributed by atoms with Crippen LogP contribution in [0.5, 0.6) is 0 Å². The molecule has 0 unspecified atom stereocenters. The lowest BCUT2D eigenvalue weighted by Gasteiger charge is -2.39. The number of amides is 3. The standard InChI is InChI=1S/C46H56N4O8/c1-6-10-21-38(52)47-35(30-56-5)41(32-19-15-12-16-20-32)57-45(55)39-37-26-27-46(58-37)40(39)43(53)50(36(29-51)31-17-13-11-14-18-31)42(46)44(54)49(28-7-2)34-24-22-33(23-25-34)48(8-3)9-4/h6-7,11-20,22-25,35-37,39-42,51H,1-2,8-10,21,26-30H2,3-5H3,(H,47,52)/t35-,36+,37-,39+,40+,41-,42-,46+/m0/s1. The number of likely N-dealkylation sites (tertiary alicyclic amines) is 1. The van der Waals surface area contributed by atoms with E-state index in [0.717, 1.165) is 18.8 Å². The van der Waals surface area contributed by atoms with Crippen LogP contribution in [0.3, 0.4) is 0 Å². The zero-order valence-corrected chi connectivity index (χ0v) is 33.7. The molecule has 12 heteroatoms. The molecule has 2 bridgehead atoms. The van der Waals surface area contributed by atoms with E-state index >= 15 is 9.59 Å². The van der Waals surface area contributed by atoms with E-state index in [1.807, 2.05) is 72.8 Å². The summed E-state index contributed by atoms with van der Waals surface area (Å²) in [4.78, 5) is 63.5. The van der Waals surface area contributed by atoms with Crippen LogP contribution in [0.2, 0.25) is 0 Å². The molecule has 2 N–H and O–H groups in total. The van der Waals surface area contributed by atoms with Crippen LogP contribution in [0, 0.1) is 11.8 Å². The Kier molecular flexibility index (Phi) is 13.8. The van der Waals surface area contributed by atoms with E-state index in [2.05, 4.69) is 37.2 Å². The summed E-state index contributed by atoms with van der Waals surface area (Å²) in [6.07, 6.45) is 3.02. The fraction of sp³-hybridized carbons (Fsp3) is 0.435. The molecule has 0 radical (unpaired) electrons. The number of ether oxygens (including phenoxy) is 3. The summed E-state index contributed by atoms with van der Waals surface area (Å²) in [6, 6.07) is 23.0. The summed E-state index contributed by atoms with van der Waals surface area (Å²) in [7, 11) is 1.50. The van der Waals surface area contributed by atoms with Gasteiger partial charge in [0.2, 0.25) is 11.8 Å². The Labute approximate surface area is 341 Å². The van der Waals surface area contributed by atoms with E-state index in [1.165, 1.54) is 12.0 Å². The Morgan fingerprint density at radius 3 is 2.19 bits per heavy atom. The molecule has 3 aromatic rings. The molecule has 308 valence electrons. The number of hydrogen-bond acceptors (Lipinski definition) is 9. The predicted octanol–water partition coefficient (Wildman–Crippen LogP) is 5.54. The van der Waals surface area contributed by atoms with Crippen molar-refractivity contribution in [1.82, 2.24) is 10.2 Å². The molecule has 3 amide bonds. The number of aliphatic hydroxyl groups excluding tert-OH is 1. The first-order chi connectivity index (χ1) is 28.2. The fourth-order valence-electron chi connectivity index (χ4n) is 9.16. The van der Waals surface area contributed by atoms with Gasteiger partial charge in [-0.1, -0.05) is 72.8 Å². The molecule has 58 heavy (non-hydrogen) atoms. The molecule has 0 aromatic heterocycles. The Bertz CT molecular complexity index is 1910. The number of nitrogens with one attached hydrogen (secondary N) is 1. The molecule has 8 atom stereocenters. The number of rotatable bonds is 20. The lowest BCUT2D eigenvalue weighted by atomic mass is 9.70. The number of allylic oxidation sites excluding steroid dienone is 1. The van der Waals surface area contributed by atoms with Gasteiger partial charge in [0.15, 0.2) is 0 Å². The number of benzene rings is 3. The highest BCUT2D eigenvalue weighted by atomic mass is 16.6. The average Bonchev–Trinajstić information content (AvgIpc) is 3.90. The quantitative estimate of drug-likeness (QED) is 0.112. The minimum atomic E-state index is -1.39. The Morgan fingerprint density at radius 1 is 0.966 bits per heavy atom. The molecule has 1 spiro atoms. The summed E-state index contributed by atoms with van der Waals surface area (Å²) in [5, 5.41) is 14.0. The number of esters is 1. The Hall–Kier alpha value is -5.30. The maximum Gasteiger partial charge on any atom is 0.313 e. The summed E-state index contributed by atoms with van der Waals surface area (Å²) in [5.74, 6) is -3.96. The van der Waals surface area contributed by atoms with Gasteiger partial charge in [-0.25, -0.2) is 0 Å². The van der Waals surface area contributed by atoms with Crippen LogP contribution in [-0.2, 0) is 33.4 Å². The van der Waals surface area contributed by atoms with Gasteiger partial charge in [-0.05, 0) is 68.5 Å². The molecule has 3 heterocycles. The number of methoxy groups -OCH3 is 1. The summed E-state index contributed by atoms with van der Waals surface area (Å²) in [6.45, 7) is 13.2. The van der Waals surface area contributed by atoms with Crippen LogP contribution in [0.4, 0.5) is 11.4 Å². The Morgan fingerprint density at radius 2 is 1.60 bits per heavy atom. The van der Waals surface area contributed by atoms with E-state index in [0.29, 0.717) is 36.1 Å². The highest BCUT2D eigenvalue weighted by molar-refractivity contribution is 6.05. The molecule has 0 aliphatic carbocycles. The van der Waals surface area contributed by atoms with Crippen LogP contribution in [0.1, 0.15) is 62.8 Å². The van der Waals surface area contributed by atoms with Gasteiger partial charge in [-0.15, -0.1) is 13.2 Å². The molecule has 3 saturated heterocycles. The van der Waals surface area contributed by atoms with Gasteiger partial charge >= 0.3 is 5.97 Å². The summed E-state index contributed by atoms with van der Waals surface area (Å²) < 4.78 is 18.7. The van der Waals surface area contributed by atoms with Crippen LogP contribution < -0.4 is 15.1 Å². The number of nitrogens with zero attached hydrogens (tertiary/aromatic N) is 3. The maximum atomic E-state index is 15.3. The smallest absolute Gasteiger partial charge is 0.313 e. The van der Waals surface area contributed by atoms with Gasteiger partial charge in [-0.2, -0.15) is 0 Å². The normalized spacial score (nSPS) is 23.4. The van der Waals surface area contributed by atoms with Crippen LogP contribution >= 0.6 is 0 Å². The molecule has 3 aromatic carbocycles. The van der Waals surface area contributed by atoms with Crippen molar-refractivity contribution in [1.29, 1.82) is 0 Å². The van der Waals surface area contributed by atoms with Gasteiger partial charge in [0.1, 0.15) is 17.7 Å². The van der Waals surface area contributed by atoms with Crippen LogP contribution in [0.25, 0.3) is 0 Å². The second kappa shape index (κ2) is 19.0.